The van der Waals surface area contributed by atoms with Crippen molar-refractivity contribution in [2.24, 2.45) is 0 Å². The molecule has 4 rings (SSSR count). The number of piperazine rings is 1. The van der Waals surface area contributed by atoms with E-state index in [4.69, 9.17) is 11.6 Å². The highest BCUT2D eigenvalue weighted by Gasteiger charge is 2.37. The lowest BCUT2D eigenvalue weighted by Gasteiger charge is -2.37. The van der Waals surface area contributed by atoms with Gasteiger partial charge in [-0.3, -0.25) is 9.59 Å². The molecule has 2 N–H and O–H groups in total. The van der Waals surface area contributed by atoms with Gasteiger partial charge in [0.2, 0.25) is 11.8 Å². The summed E-state index contributed by atoms with van der Waals surface area (Å²) in [7, 11) is 1.83. The van der Waals surface area contributed by atoms with Crippen molar-refractivity contribution in [3.8, 4) is 0 Å². The maximum atomic E-state index is 14.1. The van der Waals surface area contributed by atoms with Gasteiger partial charge in [-0.1, -0.05) is 29.8 Å². The van der Waals surface area contributed by atoms with E-state index in [0.29, 0.717) is 56.5 Å². The molecule has 0 aliphatic carbocycles. The van der Waals surface area contributed by atoms with Crippen molar-refractivity contribution in [1.82, 2.24) is 15.5 Å². The van der Waals surface area contributed by atoms with Gasteiger partial charge in [0.05, 0.1) is 18.2 Å². The van der Waals surface area contributed by atoms with E-state index >= 15 is 0 Å². The van der Waals surface area contributed by atoms with Crippen molar-refractivity contribution in [3.05, 3.63) is 58.9 Å². The zero-order valence-electron chi connectivity index (χ0n) is 18.7. The molecule has 0 saturated carbocycles. The Morgan fingerprint density at radius 1 is 1.06 bits per heavy atom. The molecule has 33 heavy (non-hydrogen) atoms. The lowest BCUT2D eigenvalue weighted by Crippen LogP contribution is -2.50. The number of fused-ring (bicyclic) bond motifs is 1. The number of benzene rings is 2. The van der Waals surface area contributed by atoms with Gasteiger partial charge in [0.1, 0.15) is 5.82 Å². The molecule has 7 nitrogen and oxygen atoms in total. The summed E-state index contributed by atoms with van der Waals surface area (Å²) in [5.41, 5.74) is 2.29. The van der Waals surface area contributed by atoms with Gasteiger partial charge >= 0.3 is 0 Å². The lowest BCUT2D eigenvalue weighted by molar-refractivity contribution is -0.132. The van der Waals surface area contributed by atoms with Gasteiger partial charge in [0.15, 0.2) is 0 Å². The van der Waals surface area contributed by atoms with Crippen molar-refractivity contribution >= 4 is 34.8 Å². The number of nitrogens with one attached hydrogen (secondary N) is 2. The standard InChI is InChI=1S/C24H29ClFN5O2/c1-27-8-9-28-23(32)16-31-15-19(18-7-6-17(25)14-22(18)31)24(33)30-12-10-29(11-13-30)21-5-3-2-4-20(21)26/h2-7,14,19,27H,8-13,15-16H2,1H3,(H,28,32). The van der Waals surface area contributed by atoms with Gasteiger partial charge < -0.3 is 25.3 Å². The van der Waals surface area contributed by atoms with Crippen LogP contribution in [0.15, 0.2) is 42.5 Å². The maximum absolute atomic E-state index is 14.1. The van der Waals surface area contributed by atoms with Crippen molar-refractivity contribution < 1.29 is 14.0 Å². The number of hydrogen-bond acceptors (Lipinski definition) is 5. The second-order valence-corrected chi connectivity index (χ2v) is 8.79. The molecule has 2 aromatic carbocycles. The number of halogens is 2. The van der Waals surface area contributed by atoms with E-state index < -0.39 is 0 Å². The number of hydrogen-bond donors (Lipinski definition) is 2. The third-order valence-electron chi connectivity index (χ3n) is 6.23. The average Bonchev–Trinajstić information content (AvgIpc) is 3.16. The third kappa shape index (κ3) is 5.23. The van der Waals surface area contributed by atoms with Crippen LogP contribution >= 0.6 is 11.6 Å². The maximum Gasteiger partial charge on any atom is 0.239 e. The molecule has 0 spiro atoms. The number of anilines is 2. The quantitative estimate of drug-likeness (QED) is 0.603. The number of para-hydroxylation sites is 1. The first kappa shape index (κ1) is 23.3. The van der Waals surface area contributed by atoms with E-state index in [1.165, 1.54) is 6.07 Å². The van der Waals surface area contributed by atoms with Crippen molar-refractivity contribution in [2.75, 3.05) is 69.2 Å². The van der Waals surface area contributed by atoms with E-state index in [1.54, 1.807) is 18.2 Å². The summed E-state index contributed by atoms with van der Waals surface area (Å²) in [6.07, 6.45) is 0. The smallest absolute Gasteiger partial charge is 0.239 e. The minimum Gasteiger partial charge on any atom is -0.366 e. The first-order valence-electron chi connectivity index (χ1n) is 11.2. The fraction of sp³-hybridized carbons (Fsp3) is 0.417. The van der Waals surface area contributed by atoms with Crippen LogP contribution in [0.4, 0.5) is 15.8 Å². The predicted molar refractivity (Wildman–Crippen MR) is 129 cm³/mol. The Morgan fingerprint density at radius 3 is 2.55 bits per heavy atom. The van der Waals surface area contributed by atoms with Crippen molar-refractivity contribution in [2.45, 2.75) is 5.92 Å². The van der Waals surface area contributed by atoms with E-state index in [0.717, 1.165) is 11.3 Å². The summed E-state index contributed by atoms with van der Waals surface area (Å²) in [4.78, 5) is 31.6. The van der Waals surface area contributed by atoms with Gasteiger partial charge in [0, 0.05) is 56.5 Å². The summed E-state index contributed by atoms with van der Waals surface area (Å²) in [6, 6.07) is 12.2. The molecule has 1 unspecified atom stereocenters. The third-order valence-corrected chi connectivity index (χ3v) is 6.46. The van der Waals surface area contributed by atoms with Gasteiger partial charge in [-0.2, -0.15) is 0 Å². The summed E-state index contributed by atoms with van der Waals surface area (Å²) in [5.74, 6) is -0.669. The molecule has 0 bridgehead atoms. The van der Waals surface area contributed by atoms with Crippen molar-refractivity contribution in [3.63, 3.8) is 0 Å². The largest absolute Gasteiger partial charge is 0.366 e. The first-order valence-corrected chi connectivity index (χ1v) is 11.6. The van der Waals surface area contributed by atoms with Gasteiger partial charge in [-0.05, 0) is 36.9 Å². The Labute approximate surface area is 198 Å². The highest BCUT2D eigenvalue weighted by Crippen LogP contribution is 2.39. The molecular formula is C24H29ClFN5O2. The van der Waals surface area contributed by atoms with Crippen molar-refractivity contribution in [1.29, 1.82) is 0 Å². The highest BCUT2D eigenvalue weighted by molar-refractivity contribution is 6.31. The first-order chi connectivity index (χ1) is 16.0. The summed E-state index contributed by atoms with van der Waals surface area (Å²) in [5, 5.41) is 6.45. The zero-order valence-corrected chi connectivity index (χ0v) is 19.4. The number of carbonyl (C=O) groups is 2. The number of nitrogens with zero attached hydrogens (tertiary/aromatic N) is 3. The van der Waals surface area contributed by atoms with E-state index in [2.05, 4.69) is 10.6 Å². The molecule has 2 aliphatic rings. The van der Waals surface area contributed by atoms with Gasteiger partial charge in [0.25, 0.3) is 0 Å². The molecule has 176 valence electrons. The molecule has 2 amide bonds. The molecule has 1 saturated heterocycles. The molecular weight excluding hydrogens is 445 g/mol. The van der Waals surface area contributed by atoms with Crippen LogP contribution in [0.25, 0.3) is 0 Å². The van der Waals surface area contributed by atoms with Gasteiger partial charge in [-0.25, -0.2) is 4.39 Å². The number of carbonyl (C=O) groups excluding carboxylic acids is 2. The molecule has 2 aromatic rings. The van der Waals surface area contributed by atoms with Crippen LogP contribution in [0.5, 0.6) is 0 Å². The second-order valence-electron chi connectivity index (χ2n) is 8.35. The average molecular weight is 474 g/mol. The molecule has 1 fully saturated rings. The van der Waals surface area contributed by atoms with E-state index in [-0.39, 0.29) is 30.1 Å². The molecule has 9 heteroatoms. The Balaban J connectivity index is 1.43. The fourth-order valence-electron chi connectivity index (χ4n) is 4.52. The Kier molecular flexibility index (Phi) is 7.35. The predicted octanol–water partition coefficient (Wildman–Crippen LogP) is 2.07. The van der Waals surface area contributed by atoms with E-state index in [9.17, 15) is 14.0 Å². The number of amides is 2. The second kappa shape index (κ2) is 10.4. The van der Waals surface area contributed by atoms with Crippen LogP contribution in [-0.4, -0.2) is 76.1 Å². The van der Waals surface area contributed by atoms with Crippen LogP contribution in [-0.2, 0) is 9.59 Å². The minimum absolute atomic E-state index is 0.0323. The van der Waals surface area contributed by atoms with Crippen LogP contribution in [0, 0.1) is 5.82 Å². The molecule has 0 radical (unpaired) electrons. The Hall–Kier alpha value is -2.84. The Morgan fingerprint density at radius 2 is 1.82 bits per heavy atom. The van der Waals surface area contributed by atoms with Crippen LogP contribution in [0.3, 0.4) is 0 Å². The fourth-order valence-corrected chi connectivity index (χ4v) is 4.68. The topological polar surface area (TPSA) is 67.9 Å². The van der Waals surface area contributed by atoms with Crippen LogP contribution < -0.4 is 20.4 Å². The van der Waals surface area contributed by atoms with Gasteiger partial charge in [-0.15, -0.1) is 0 Å². The molecule has 1 atom stereocenters. The normalized spacial score (nSPS) is 17.8. The number of likely N-dealkylation sites (N-methyl/N-ethyl adjacent to an activating group) is 1. The monoisotopic (exact) mass is 473 g/mol. The summed E-state index contributed by atoms with van der Waals surface area (Å²) < 4.78 is 14.1. The highest BCUT2D eigenvalue weighted by atomic mass is 35.5. The zero-order chi connectivity index (χ0) is 23.4. The van der Waals surface area contributed by atoms with Crippen LogP contribution in [0.1, 0.15) is 11.5 Å². The molecule has 2 heterocycles. The molecule has 2 aliphatic heterocycles. The van der Waals surface area contributed by atoms with Crippen LogP contribution in [0.2, 0.25) is 5.02 Å². The summed E-state index contributed by atoms with van der Waals surface area (Å²) >= 11 is 6.22. The van der Waals surface area contributed by atoms with E-state index in [1.807, 2.05) is 39.9 Å². The molecule has 0 aromatic heterocycles. The SMILES string of the molecule is CNCCNC(=O)CN1CC(C(=O)N2CCN(c3ccccc3F)CC2)c2ccc(Cl)cc21. The lowest BCUT2D eigenvalue weighted by atomic mass is 9.99. The minimum atomic E-state index is -0.359. The summed E-state index contributed by atoms with van der Waals surface area (Å²) in [6.45, 7) is 4.03. The number of rotatable bonds is 7. The Bertz CT molecular complexity index is 1010.